The van der Waals surface area contributed by atoms with E-state index in [9.17, 15) is 9.59 Å². The predicted octanol–water partition coefficient (Wildman–Crippen LogP) is 8.47. The van der Waals surface area contributed by atoms with Crippen molar-refractivity contribution >= 4 is 82.5 Å². The predicted molar refractivity (Wildman–Crippen MR) is 174 cm³/mol. The number of carbonyl (C=O) groups is 2. The zero-order chi connectivity index (χ0) is 27.3. The highest BCUT2D eigenvalue weighted by Crippen LogP contribution is 2.48. The molecule has 0 amide bonds. The number of thioether (sulfide) groups is 6. The van der Waals surface area contributed by atoms with E-state index in [1.165, 1.54) is 33.1 Å². The maximum atomic E-state index is 11.3. The molecule has 0 saturated heterocycles. The van der Waals surface area contributed by atoms with Crippen LogP contribution in [-0.2, 0) is 30.6 Å². The third kappa shape index (κ3) is 11.0. The minimum atomic E-state index is -0.366. The Morgan fingerprint density at radius 3 is 1.53 bits per heavy atom. The van der Waals surface area contributed by atoms with Gasteiger partial charge in [-0.25, -0.2) is 9.59 Å². The molecule has 10 heteroatoms. The Morgan fingerprint density at radius 2 is 1.16 bits per heavy atom. The summed E-state index contributed by atoms with van der Waals surface area (Å²) in [6, 6.07) is 9.03. The number of rotatable bonds is 16. The van der Waals surface area contributed by atoms with Crippen LogP contribution in [0.3, 0.4) is 0 Å². The molecule has 4 nitrogen and oxygen atoms in total. The third-order valence-electron chi connectivity index (χ3n) is 5.53. The summed E-state index contributed by atoms with van der Waals surface area (Å²) in [4.78, 5) is 27.5. The van der Waals surface area contributed by atoms with Crippen molar-refractivity contribution in [2.24, 2.45) is 0 Å². The Labute approximate surface area is 252 Å². The second kappa shape index (κ2) is 17.1. The summed E-state index contributed by atoms with van der Waals surface area (Å²) in [6.07, 6.45) is 4.67. The van der Waals surface area contributed by atoms with Gasteiger partial charge in [0.05, 0.1) is 9.16 Å². The normalized spacial score (nSPS) is 19.1. The number of ether oxygens (including phenoxy) is 2. The van der Waals surface area contributed by atoms with Crippen molar-refractivity contribution in [1.82, 2.24) is 0 Å². The Bertz CT molecular complexity index is 967. The molecule has 206 valence electrons. The van der Waals surface area contributed by atoms with Crippen LogP contribution >= 0.6 is 70.6 Å². The highest BCUT2D eigenvalue weighted by molar-refractivity contribution is 8.24. The van der Waals surface area contributed by atoms with Gasteiger partial charge in [0.15, 0.2) is 0 Å². The van der Waals surface area contributed by atoms with E-state index in [1.54, 1.807) is 0 Å². The number of carbonyl (C=O) groups excluding carboxylic acids is 2. The fourth-order valence-corrected chi connectivity index (χ4v) is 11.8. The molecule has 2 heterocycles. The Kier molecular flexibility index (Phi) is 14.3. The van der Waals surface area contributed by atoms with Crippen LogP contribution in [0.4, 0.5) is 0 Å². The van der Waals surface area contributed by atoms with Crippen molar-refractivity contribution in [3.63, 3.8) is 0 Å². The van der Waals surface area contributed by atoms with E-state index in [0.29, 0.717) is 22.4 Å². The van der Waals surface area contributed by atoms with Gasteiger partial charge in [0.1, 0.15) is 13.2 Å². The van der Waals surface area contributed by atoms with E-state index in [1.807, 2.05) is 70.6 Å². The highest BCUT2D eigenvalue weighted by Gasteiger charge is 2.24. The quantitative estimate of drug-likeness (QED) is 0.101. The van der Waals surface area contributed by atoms with Gasteiger partial charge in [0, 0.05) is 33.5 Å². The molecule has 0 bridgehead atoms. The van der Waals surface area contributed by atoms with Gasteiger partial charge in [-0.1, -0.05) is 37.4 Å². The first-order valence-electron chi connectivity index (χ1n) is 12.3. The molecule has 0 aromatic heterocycles. The van der Waals surface area contributed by atoms with Crippen LogP contribution in [0.2, 0.25) is 0 Å². The summed E-state index contributed by atoms with van der Waals surface area (Å²) in [5, 5.41) is 0. The smallest absolute Gasteiger partial charge is 0.330 e. The molecule has 38 heavy (non-hydrogen) atoms. The second-order valence-electron chi connectivity index (χ2n) is 8.41. The molecule has 2 aliphatic heterocycles. The monoisotopic (exact) mass is 626 g/mol. The van der Waals surface area contributed by atoms with Gasteiger partial charge in [-0.2, -0.15) is 23.5 Å². The SMILES string of the molecule is C=CC(=O)OCC1=C(C)SC(CCSCc2ccc(CSCCC3SC(C)=C(COC(=O)C=C)S3)cc2)S1. The molecule has 3 rings (SSSR count). The first kappa shape index (κ1) is 31.7. The first-order chi connectivity index (χ1) is 18.4. The van der Waals surface area contributed by atoms with E-state index in [0.717, 1.165) is 45.7 Å². The number of hydrogen-bond acceptors (Lipinski definition) is 10. The molecule has 0 N–H and O–H groups in total. The summed E-state index contributed by atoms with van der Waals surface area (Å²) >= 11 is 11.4. The van der Waals surface area contributed by atoms with Crippen LogP contribution in [0.5, 0.6) is 0 Å². The van der Waals surface area contributed by atoms with E-state index >= 15 is 0 Å². The van der Waals surface area contributed by atoms with E-state index < -0.39 is 0 Å². The molecule has 1 aromatic rings. The summed E-state index contributed by atoms with van der Waals surface area (Å²) in [7, 11) is 0. The number of benzene rings is 1. The third-order valence-corrected chi connectivity index (χ3v) is 13.7. The summed E-state index contributed by atoms with van der Waals surface area (Å²) in [5.41, 5.74) is 2.73. The summed E-state index contributed by atoms with van der Waals surface area (Å²) < 4.78 is 11.4. The number of hydrogen-bond donors (Lipinski definition) is 0. The van der Waals surface area contributed by atoms with E-state index in [4.69, 9.17) is 9.47 Å². The first-order valence-corrected chi connectivity index (χ1v) is 18.1. The Morgan fingerprint density at radius 1 is 0.763 bits per heavy atom. The number of allylic oxidation sites excluding steroid dienone is 2. The average Bonchev–Trinajstić information content (AvgIpc) is 3.47. The van der Waals surface area contributed by atoms with Crippen molar-refractivity contribution in [3.05, 3.63) is 80.3 Å². The molecule has 0 saturated carbocycles. The van der Waals surface area contributed by atoms with Crippen LogP contribution in [0.1, 0.15) is 37.8 Å². The molecule has 0 fully saturated rings. The van der Waals surface area contributed by atoms with Crippen molar-refractivity contribution < 1.29 is 19.1 Å². The maximum absolute atomic E-state index is 11.3. The van der Waals surface area contributed by atoms with Crippen molar-refractivity contribution in [1.29, 1.82) is 0 Å². The molecular weight excluding hydrogens is 593 g/mol. The average molecular weight is 627 g/mol. The largest absolute Gasteiger partial charge is 0.457 e. The van der Waals surface area contributed by atoms with Gasteiger partial charge >= 0.3 is 11.9 Å². The van der Waals surface area contributed by atoms with Gasteiger partial charge in [0.2, 0.25) is 0 Å². The second-order valence-corrected chi connectivity index (χ2v) is 16.6. The lowest BCUT2D eigenvalue weighted by molar-refractivity contribution is -0.137. The Balaban J connectivity index is 1.25. The zero-order valence-electron chi connectivity index (χ0n) is 21.8. The van der Waals surface area contributed by atoms with Gasteiger partial charge in [-0.05, 0) is 59.1 Å². The molecule has 0 spiro atoms. The van der Waals surface area contributed by atoms with Crippen molar-refractivity contribution in [2.75, 3.05) is 24.7 Å². The minimum Gasteiger partial charge on any atom is -0.457 e. The lowest BCUT2D eigenvalue weighted by atomic mass is 10.2. The molecular formula is C28H34O4S6. The fraction of sp³-hybridized carbons (Fsp3) is 0.429. The van der Waals surface area contributed by atoms with Crippen LogP contribution in [0.25, 0.3) is 0 Å². The minimum absolute atomic E-state index is 0.355. The summed E-state index contributed by atoms with van der Waals surface area (Å²) in [5.74, 6) is 3.54. The van der Waals surface area contributed by atoms with Crippen LogP contribution in [-0.4, -0.2) is 45.8 Å². The molecule has 0 aliphatic carbocycles. The van der Waals surface area contributed by atoms with Gasteiger partial charge in [0.25, 0.3) is 0 Å². The highest BCUT2D eigenvalue weighted by atomic mass is 32.2. The van der Waals surface area contributed by atoms with Crippen molar-refractivity contribution in [2.45, 2.75) is 47.4 Å². The molecule has 0 radical (unpaired) electrons. The molecule has 2 atom stereocenters. The standard InChI is InChI=1S/C28H34O4S6/c1-5-25(29)31-15-23-19(3)35-27(37-23)11-13-33-17-21-7-9-22(10-8-21)18-34-14-12-28-36-20(4)24(38-28)16-32-26(30)6-2/h5-10,27-28H,1-2,11-18H2,3-4H3. The van der Waals surface area contributed by atoms with Gasteiger partial charge < -0.3 is 9.47 Å². The maximum Gasteiger partial charge on any atom is 0.330 e. The van der Waals surface area contributed by atoms with Crippen LogP contribution < -0.4 is 0 Å². The molecule has 2 unspecified atom stereocenters. The number of esters is 2. The summed E-state index contributed by atoms with van der Waals surface area (Å²) in [6.45, 7) is 11.8. The lowest BCUT2D eigenvalue weighted by Gasteiger charge is -2.10. The Hall–Kier alpha value is -0.780. The molecule has 1 aromatic carbocycles. The van der Waals surface area contributed by atoms with Crippen LogP contribution in [0.15, 0.2) is 69.2 Å². The van der Waals surface area contributed by atoms with E-state index in [2.05, 4.69) is 51.3 Å². The van der Waals surface area contributed by atoms with Crippen molar-refractivity contribution in [3.8, 4) is 0 Å². The topological polar surface area (TPSA) is 52.6 Å². The van der Waals surface area contributed by atoms with Gasteiger partial charge in [-0.3, -0.25) is 0 Å². The molecule has 2 aliphatic rings. The zero-order valence-corrected chi connectivity index (χ0v) is 26.7. The van der Waals surface area contributed by atoms with E-state index in [-0.39, 0.29) is 11.9 Å². The fourth-order valence-electron chi connectivity index (χ4n) is 3.43. The lowest BCUT2D eigenvalue weighted by Crippen LogP contribution is -2.03. The van der Waals surface area contributed by atoms with Crippen LogP contribution in [0, 0.1) is 0 Å². The van der Waals surface area contributed by atoms with Gasteiger partial charge in [-0.15, -0.1) is 47.0 Å².